The number of hydrogen-bond acceptors (Lipinski definition) is 4. The molecule has 5 nitrogen and oxygen atoms in total. The number of nitrogens with zero attached hydrogens (tertiary/aromatic N) is 1. The van der Waals surface area contributed by atoms with Gasteiger partial charge in [0.25, 0.3) is 5.91 Å². The number of amides is 1. The molecule has 0 spiro atoms. The fourth-order valence-corrected chi connectivity index (χ4v) is 2.55. The van der Waals surface area contributed by atoms with Crippen molar-refractivity contribution in [3.8, 4) is 11.5 Å². The molecule has 5 heteroatoms. The molecule has 0 unspecified atom stereocenters. The smallest absolute Gasteiger partial charge is 0.254 e. The van der Waals surface area contributed by atoms with Crippen molar-refractivity contribution < 1.29 is 14.3 Å². The van der Waals surface area contributed by atoms with Crippen LogP contribution < -0.4 is 15.2 Å². The highest BCUT2D eigenvalue weighted by Gasteiger charge is 2.23. The van der Waals surface area contributed by atoms with Crippen molar-refractivity contribution in [1.82, 2.24) is 4.90 Å². The molecule has 1 fully saturated rings. The van der Waals surface area contributed by atoms with Crippen molar-refractivity contribution >= 4 is 5.91 Å². The van der Waals surface area contributed by atoms with Crippen molar-refractivity contribution in [3.63, 3.8) is 0 Å². The van der Waals surface area contributed by atoms with Gasteiger partial charge in [-0.1, -0.05) is 0 Å². The maximum Gasteiger partial charge on any atom is 0.254 e. The zero-order chi connectivity index (χ0) is 13.2. The topological polar surface area (TPSA) is 64.8 Å². The summed E-state index contributed by atoms with van der Waals surface area (Å²) in [6.45, 7) is 2.49. The van der Waals surface area contributed by atoms with E-state index in [1.54, 1.807) is 18.2 Å². The number of fused-ring (bicyclic) bond motifs is 1. The van der Waals surface area contributed by atoms with Crippen LogP contribution in [-0.2, 0) is 0 Å². The lowest BCUT2D eigenvalue weighted by molar-refractivity contribution is 0.0707. The molecule has 2 heterocycles. The number of hydrogen-bond donors (Lipinski definition) is 1. The predicted molar refractivity (Wildman–Crippen MR) is 70.5 cm³/mol. The highest BCUT2D eigenvalue weighted by Crippen LogP contribution is 2.31. The van der Waals surface area contributed by atoms with Gasteiger partial charge in [0.2, 0.25) is 0 Å². The summed E-state index contributed by atoms with van der Waals surface area (Å²) in [5, 5.41) is 0. The first-order valence-electron chi connectivity index (χ1n) is 6.68. The summed E-state index contributed by atoms with van der Waals surface area (Å²) in [6.07, 6.45) is 1.96. The molecule has 1 amide bonds. The summed E-state index contributed by atoms with van der Waals surface area (Å²) >= 11 is 0. The van der Waals surface area contributed by atoms with Gasteiger partial charge in [-0.15, -0.1) is 0 Å². The van der Waals surface area contributed by atoms with Gasteiger partial charge in [-0.2, -0.15) is 0 Å². The Hall–Kier alpha value is -1.75. The summed E-state index contributed by atoms with van der Waals surface area (Å²) < 4.78 is 11.0. The number of rotatable bonds is 1. The number of piperidine rings is 1. The molecule has 1 aromatic rings. The number of likely N-dealkylation sites (tertiary alicyclic amines) is 1. The van der Waals surface area contributed by atoms with Crippen molar-refractivity contribution in [1.29, 1.82) is 0 Å². The van der Waals surface area contributed by atoms with E-state index in [-0.39, 0.29) is 11.9 Å². The van der Waals surface area contributed by atoms with Crippen LogP contribution in [-0.4, -0.2) is 43.2 Å². The van der Waals surface area contributed by atoms with E-state index in [0.29, 0.717) is 36.8 Å². The molecule has 0 aliphatic carbocycles. The first kappa shape index (κ1) is 12.3. The SMILES string of the molecule is N[C@H]1CCCN(C(=O)c2ccc3c(c2)OCCO3)C1. The fourth-order valence-electron chi connectivity index (χ4n) is 2.55. The average molecular weight is 262 g/mol. The minimum Gasteiger partial charge on any atom is -0.486 e. The van der Waals surface area contributed by atoms with Gasteiger partial charge in [0.15, 0.2) is 11.5 Å². The van der Waals surface area contributed by atoms with Gasteiger partial charge in [0.1, 0.15) is 13.2 Å². The summed E-state index contributed by atoms with van der Waals surface area (Å²) in [6, 6.07) is 5.44. The fraction of sp³-hybridized carbons (Fsp3) is 0.500. The van der Waals surface area contributed by atoms with E-state index in [0.717, 1.165) is 19.4 Å². The largest absolute Gasteiger partial charge is 0.486 e. The molecule has 3 rings (SSSR count). The molecule has 0 saturated carbocycles. The van der Waals surface area contributed by atoms with E-state index in [4.69, 9.17) is 15.2 Å². The van der Waals surface area contributed by atoms with E-state index < -0.39 is 0 Å². The molecule has 102 valence electrons. The molecule has 2 aliphatic heterocycles. The minimum atomic E-state index is 0.0205. The summed E-state index contributed by atoms with van der Waals surface area (Å²) in [5.41, 5.74) is 6.55. The number of carbonyl (C=O) groups excluding carboxylic acids is 1. The van der Waals surface area contributed by atoms with Gasteiger partial charge < -0.3 is 20.1 Å². The second-order valence-corrected chi connectivity index (χ2v) is 5.01. The Balaban J connectivity index is 1.79. The Morgan fingerprint density at radius 1 is 1.26 bits per heavy atom. The molecular weight excluding hydrogens is 244 g/mol. The molecule has 2 aliphatic rings. The zero-order valence-electron chi connectivity index (χ0n) is 10.8. The van der Waals surface area contributed by atoms with Crippen LogP contribution in [0.15, 0.2) is 18.2 Å². The maximum absolute atomic E-state index is 12.4. The van der Waals surface area contributed by atoms with Gasteiger partial charge in [0, 0.05) is 24.7 Å². The molecule has 1 saturated heterocycles. The van der Waals surface area contributed by atoms with Crippen LogP contribution >= 0.6 is 0 Å². The first-order chi connectivity index (χ1) is 9.24. The van der Waals surface area contributed by atoms with E-state index >= 15 is 0 Å². The van der Waals surface area contributed by atoms with E-state index in [9.17, 15) is 4.79 Å². The number of carbonyl (C=O) groups is 1. The van der Waals surface area contributed by atoms with Gasteiger partial charge in [-0.25, -0.2) is 0 Å². The standard InChI is InChI=1S/C14H18N2O3/c15-11-2-1-5-16(9-11)14(17)10-3-4-12-13(8-10)19-7-6-18-12/h3-4,8,11H,1-2,5-7,9,15H2/t11-/m0/s1. The lowest BCUT2D eigenvalue weighted by Gasteiger charge is -2.31. The molecule has 2 N–H and O–H groups in total. The Kier molecular flexibility index (Phi) is 3.29. The Morgan fingerprint density at radius 2 is 2.05 bits per heavy atom. The highest BCUT2D eigenvalue weighted by molar-refractivity contribution is 5.95. The molecular formula is C14H18N2O3. The van der Waals surface area contributed by atoms with Crippen molar-refractivity contribution in [2.24, 2.45) is 5.73 Å². The maximum atomic E-state index is 12.4. The molecule has 0 bridgehead atoms. The molecule has 19 heavy (non-hydrogen) atoms. The van der Waals surface area contributed by atoms with Crippen molar-refractivity contribution in [3.05, 3.63) is 23.8 Å². The number of ether oxygens (including phenoxy) is 2. The minimum absolute atomic E-state index is 0.0205. The normalized spacial score (nSPS) is 22.2. The van der Waals surface area contributed by atoms with E-state index in [1.807, 2.05) is 4.90 Å². The quantitative estimate of drug-likeness (QED) is 0.820. The van der Waals surface area contributed by atoms with Crippen LogP contribution in [0.25, 0.3) is 0 Å². The lowest BCUT2D eigenvalue weighted by atomic mass is 10.1. The lowest BCUT2D eigenvalue weighted by Crippen LogP contribution is -2.45. The monoisotopic (exact) mass is 262 g/mol. The molecule has 1 atom stereocenters. The first-order valence-corrected chi connectivity index (χ1v) is 6.68. The third kappa shape index (κ3) is 2.51. The second-order valence-electron chi connectivity index (χ2n) is 5.01. The second kappa shape index (κ2) is 5.09. The van der Waals surface area contributed by atoms with Crippen LogP contribution in [0.1, 0.15) is 23.2 Å². The average Bonchev–Trinajstić information content (AvgIpc) is 2.46. The third-order valence-corrected chi connectivity index (χ3v) is 3.53. The number of benzene rings is 1. The summed E-state index contributed by atoms with van der Waals surface area (Å²) in [7, 11) is 0. The van der Waals surface area contributed by atoms with E-state index in [2.05, 4.69) is 0 Å². The Bertz CT molecular complexity index is 490. The summed E-state index contributed by atoms with van der Waals surface area (Å²) in [4.78, 5) is 14.2. The Labute approximate surface area is 112 Å². The Morgan fingerprint density at radius 3 is 2.84 bits per heavy atom. The molecule has 0 aromatic heterocycles. The van der Waals surface area contributed by atoms with Crippen molar-refractivity contribution in [2.75, 3.05) is 26.3 Å². The predicted octanol–water partition coefficient (Wildman–Crippen LogP) is 1.02. The summed E-state index contributed by atoms with van der Waals surface area (Å²) in [5.74, 6) is 1.38. The van der Waals surface area contributed by atoms with Gasteiger partial charge in [-0.05, 0) is 31.0 Å². The van der Waals surface area contributed by atoms with Crippen LogP contribution in [0.3, 0.4) is 0 Å². The number of nitrogens with two attached hydrogens (primary N) is 1. The van der Waals surface area contributed by atoms with Crippen molar-refractivity contribution in [2.45, 2.75) is 18.9 Å². The van der Waals surface area contributed by atoms with Gasteiger partial charge >= 0.3 is 0 Å². The van der Waals surface area contributed by atoms with E-state index in [1.165, 1.54) is 0 Å². The van der Waals surface area contributed by atoms with Gasteiger partial charge in [-0.3, -0.25) is 4.79 Å². The van der Waals surface area contributed by atoms with Crippen LogP contribution in [0.5, 0.6) is 11.5 Å². The van der Waals surface area contributed by atoms with Crippen LogP contribution in [0, 0.1) is 0 Å². The molecule has 1 aromatic carbocycles. The third-order valence-electron chi connectivity index (χ3n) is 3.53. The highest BCUT2D eigenvalue weighted by atomic mass is 16.6. The van der Waals surface area contributed by atoms with Crippen LogP contribution in [0.4, 0.5) is 0 Å². The van der Waals surface area contributed by atoms with Gasteiger partial charge in [0.05, 0.1) is 0 Å². The molecule has 0 radical (unpaired) electrons. The zero-order valence-corrected chi connectivity index (χ0v) is 10.8. The van der Waals surface area contributed by atoms with Crippen LogP contribution in [0.2, 0.25) is 0 Å².